The summed E-state index contributed by atoms with van der Waals surface area (Å²) < 4.78 is 5.19. The highest BCUT2D eigenvalue weighted by atomic mass is 16.5. The molecular weight excluding hydrogens is 200 g/mol. The molecule has 1 aliphatic heterocycles. The van der Waals surface area contributed by atoms with Gasteiger partial charge in [0.2, 0.25) is 0 Å². The third-order valence-electron chi connectivity index (χ3n) is 3.30. The topological polar surface area (TPSA) is 24.5 Å². The third kappa shape index (κ3) is 4.81. The summed E-state index contributed by atoms with van der Waals surface area (Å²) in [5.41, 5.74) is 0.461. The van der Waals surface area contributed by atoms with Gasteiger partial charge in [-0.25, -0.2) is 0 Å². The number of nitrogens with zero attached hydrogens (tertiary/aromatic N) is 1. The van der Waals surface area contributed by atoms with Crippen LogP contribution in [0.3, 0.4) is 0 Å². The monoisotopic (exact) mass is 228 g/mol. The van der Waals surface area contributed by atoms with E-state index in [4.69, 9.17) is 4.74 Å². The minimum atomic E-state index is 0.461. The maximum atomic E-state index is 5.19. The molecule has 1 atom stereocenters. The molecule has 0 spiro atoms. The second-order valence-electron chi connectivity index (χ2n) is 5.86. The number of hydrogen-bond acceptors (Lipinski definition) is 3. The van der Waals surface area contributed by atoms with Crippen molar-refractivity contribution >= 4 is 0 Å². The second-order valence-corrected chi connectivity index (χ2v) is 5.86. The third-order valence-corrected chi connectivity index (χ3v) is 3.30. The maximum Gasteiger partial charge on any atom is 0.0589 e. The number of methoxy groups -OCH3 is 1. The predicted octanol–water partition coefficient (Wildman–Crippen LogP) is 1.59. The van der Waals surface area contributed by atoms with Gasteiger partial charge in [-0.2, -0.15) is 0 Å². The van der Waals surface area contributed by atoms with Crippen LogP contribution in [0.15, 0.2) is 0 Å². The molecule has 1 rings (SSSR count). The molecule has 0 aliphatic carbocycles. The van der Waals surface area contributed by atoms with E-state index in [9.17, 15) is 0 Å². The summed E-state index contributed by atoms with van der Waals surface area (Å²) in [5.74, 6) is 0.731. The molecule has 1 fully saturated rings. The van der Waals surface area contributed by atoms with Crippen LogP contribution in [0.5, 0.6) is 0 Å². The summed E-state index contributed by atoms with van der Waals surface area (Å²) in [5, 5.41) is 3.47. The summed E-state index contributed by atoms with van der Waals surface area (Å²) in [6.45, 7) is 13.6. The summed E-state index contributed by atoms with van der Waals surface area (Å²) in [4.78, 5) is 2.56. The molecule has 0 aromatic carbocycles. The van der Waals surface area contributed by atoms with Gasteiger partial charge in [-0.15, -0.1) is 0 Å². The van der Waals surface area contributed by atoms with Crippen LogP contribution in [-0.4, -0.2) is 51.3 Å². The largest absolute Gasteiger partial charge is 0.383 e. The zero-order valence-corrected chi connectivity index (χ0v) is 11.4. The molecule has 1 heterocycles. The van der Waals surface area contributed by atoms with Crippen LogP contribution >= 0.6 is 0 Å². The first-order valence-corrected chi connectivity index (χ1v) is 6.48. The molecule has 0 aromatic heterocycles. The molecule has 0 saturated carbocycles. The average molecular weight is 228 g/mol. The highest BCUT2D eigenvalue weighted by Crippen LogP contribution is 2.25. The molecule has 3 nitrogen and oxygen atoms in total. The van der Waals surface area contributed by atoms with E-state index in [0.29, 0.717) is 5.41 Å². The highest BCUT2D eigenvalue weighted by Gasteiger charge is 2.30. The fourth-order valence-corrected chi connectivity index (χ4v) is 2.52. The molecule has 0 radical (unpaired) electrons. The van der Waals surface area contributed by atoms with Crippen molar-refractivity contribution in [2.24, 2.45) is 11.3 Å². The fourth-order valence-electron chi connectivity index (χ4n) is 2.52. The van der Waals surface area contributed by atoms with Crippen molar-refractivity contribution in [3.63, 3.8) is 0 Å². The molecule has 1 N–H and O–H groups in total. The van der Waals surface area contributed by atoms with Gasteiger partial charge in [-0.3, -0.25) is 0 Å². The lowest BCUT2D eigenvalue weighted by atomic mass is 9.89. The van der Waals surface area contributed by atoms with Crippen LogP contribution in [0.25, 0.3) is 0 Å². The Labute approximate surface area is 101 Å². The van der Waals surface area contributed by atoms with Gasteiger partial charge in [0.05, 0.1) is 6.61 Å². The minimum Gasteiger partial charge on any atom is -0.383 e. The molecule has 16 heavy (non-hydrogen) atoms. The molecule has 1 saturated heterocycles. The SMILES string of the molecule is COCCN(CC(C)C)CC1(C)CCNC1. The van der Waals surface area contributed by atoms with E-state index in [0.717, 1.165) is 25.6 Å². The van der Waals surface area contributed by atoms with Crippen molar-refractivity contribution in [3.8, 4) is 0 Å². The lowest BCUT2D eigenvalue weighted by molar-refractivity contribution is 0.109. The Morgan fingerprint density at radius 1 is 1.44 bits per heavy atom. The number of hydrogen-bond donors (Lipinski definition) is 1. The van der Waals surface area contributed by atoms with Gasteiger partial charge in [-0.1, -0.05) is 20.8 Å². The normalized spacial score (nSPS) is 25.9. The fraction of sp³-hybridized carbons (Fsp3) is 1.00. The Balaban J connectivity index is 2.41. The van der Waals surface area contributed by atoms with Gasteiger partial charge in [0.1, 0.15) is 0 Å². The first kappa shape index (κ1) is 13.9. The Morgan fingerprint density at radius 2 is 2.19 bits per heavy atom. The molecule has 0 aromatic rings. The van der Waals surface area contributed by atoms with Crippen LogP contribution in [0, 0.1) is 11.3 Å². The van der Waals surface area contributed by atoms with E-state index in [1.807, 2.05) is 0 Å². The average Bonchev–Trinajstić information content (AvgIpc) is 2.60. The lowest BCUT2D eigenvalue weighted by Crippen LogP contribution is -2.40. The first-order chi connectivity index (χ1) is 7.56. The zero-order chi connectivity index (χ0) is 12.0. The van der Waals surface area contributed by atoms with Crippen LogP contribution in [-0.2, 0) is 4.74 Å². The van der Waals surface area contributed by atoms with Crippen LogP contribution in [0.2, 0.25) is 0 Å². The standard InChI is InChI=1S/C13H28N2O/c1-12(2)9-15(7-8-16-4)11-13(3)5-6-14-10-13/h12,14H,5-11H2,1-4H3. The molecule has 3 heteroatoms. The summed E-state index contributed by atoms with van der Waals surface area (Å²) in [6, 6.07) is 0. The predicted molar refractivity (Wildman–Crippen MR) is 68.7 cm³/mol. The molecule has 1 unspecified atom stereocenters. The number of nitrogens with one attached hydrogen (secondary N) is 1. The van der Waals surface area contributed by atoms with Crippen molar-refractivity contribution in [3.05, 3.63) is 0 Å². The van der Waals surface area contributed by atoms with E-state index in [1.54, 1.807) is 7.11 Å². The summed E-state index contributed by atoms with van der Waals surface area (Å²) >= 11 is 0. The van der Waals surface area contributed by atoms with Crippen molar-refractivity contribution in [2.75, 3.05) is 46.4 Å². The molecule has 96 valence electrons. The highest BCUT2D eigenvalue weighted by molar-refractivity contribution is 4.86. The van der Waals surface area contributed by atoms with Crippen LogP contribution < -0.4 is 5.32 Å². The summed E-state index contributed by atoms with van der Waals surface area (Å²) in [7, 11) is 1.78. The molecule has 0 bridgehead atoms. The van der Waals surface area contributed by atoms with Gasteiger partial charge in [0.15, 0.2) is 0 Å². The van der Waals surface area contributed by atoms with Gasteiger partial charge in [0.25, 0.3) is 0 Å². The van der Waals surface area contributed by atoms with E-state index < -0.39 is 0 Å². The Bertz CT molecular complexity index is 188. The van der Waals surface area contributed by atoms with Gasteiger partial charge in [-0.05, 0) is 24.3 Å². The molecular formula is C13H28N2O. The maximum absolute atomic E-state index is 5.19. The smallest absolute Gasteiger partial charge is 0.0589 e. The van der Waals surface area contributed by atoms with E-state index in [1.165, 1.54) is 26.1 Å². The van der Waals surface area contributed by atoms with E-state index >= 15 is 0 Å². The van der Waals surface area contributed by atoms with Crippen LogP contribution in [0.1, 0.15) is 27.2 Å². The minimum absolute atomic E-state index is 0.461. The van der Waals surface area contributed by atoms with Crippen molar-refractivity contribution < 1.29 is 4.74 Å². The van der Waals surface area contributed by atoms with E-state index in [-0.39, 0.29) is 0 Å². The van der Waals surface area contributed by atoms with E-state index in [2.05, 4.69) is 31.0 Å². The van der Waals surface area contributed by atoms with Gasteiger partial charge >= 0.3 is 0 Å². The second kappa shape index (κ2) is 6.58. The number of ether oxygens (including phenoxy) is 1. The quantitative estimate of drug-likeness (QED) is 0.716. The van der Waals surface area contributed by atoms with Gasteiger partial charge < -0.3 is 15.0 Å². The first-order valence-electron chi connectivity index (χ1n) is 6.48. The lowest BCUT2D eigenvalue weighted by Gasteiger charge is -2.32. The van der Waals surface area contributed by atoms with Crippen LogP contribution in [0.4, 0.5) is 0 Å². The van der Waals surface area contributed by atoms with Crippen molar-refractivity contribution in [1.29, 1.82) is 0 Å². The molecule has 0 amide bonds. The summed E-state index contributed by atoms with van der Waals surface area (Å²) in [6.07, 6.45) is 1.30. The Kier molecular flexibility index (Phi) is 5.73. The Hall–Kier alpha value is -0.120. The Morgan fingerprint density at radius 3 is 2.69 bits per heavy atom. The zero-order valence-electron chi connectivity index (χ0n) is 11.4. The van der Waals surface area contributed by atoms with Crippen molar-refractivity contribution in [2.45, 2.75) is 27.2 Å². The molecule has 1 aliphatic rings. The van der Waals surface area contributed by atoms with Crippen molar-refractivity contribution in [1.82, 2.24) is 10.2 Å². The number of rotatable bonds is 7. The van der Waals surface area contributed by atoms with Gasteiger partial charge in [0, 0.05) is 33.3 Å².